The Hall–Kier alpha value is -1.05. The second-order valence-electron chi connectivity index (χ2n) is 3.19. The zero-order chi connectivity index (χ0) is 12.1. The fourth-order valence-corrected chi connectivity index (χ4v) is 1.53. The van der Waals surface area contributed by atoms with Gasteiger partial charge in [0.1, 0.15) is 6.04 Å². The maximum Gasteiger partial charge on any atom is 0.252 e. The average Bonchev–Trinajstić information content (AvgIpc) is 2.29. The van der Waals surface area contributed by atoms with Gasteiger partial charge in [-0.1, -0.05) is 18.5 Å². The molecular formula is C11H10BrClN2O. The molecule has 0 heterocycles. The third-order valence-corrected chi connectivity index (χ3v) is 3.28. The van der Waals surface area contributed by atoms with Crippen LogP contribution in [0.5, 0.6) is 0 Å². The van der Waals surface area contributed by atoms with Gasteiger partial charge in [0.2, 0.25) is 0 Å². The summed E-state index contributed by atoms with van der Waals surface area (Å²) in [6.07, 6.45) is 0.576. The summed E-state index contributed by atoms with van der Waals surface area (Å²) >= 11 is 9.11. The normalized spacial score (nSPS) is 11.6. The largest absolute Gasteiger partial charge is 0.336 e. The standard InChI is InChI=1S/C11H10BrClN2O/c1-2-8(6-14)15-11(16)7-3-4-9(12)10(13)5-7/h3-5,8H,2H2,1H3,(H,15,16)/t8-/m1/s1. The maximum atomic E-state index is 11.7. The monoisotopic (exact) mass is 300 g/mol. The molecule has 3 nitrogen and oxygen atoms in total. The van der Waals surface area contributed by atoms with Gasteiger partial charge in [-0.2, -0.15) is 5.26 Å². The number of hydrogen-bond acceptors (Lipinski definition) is 2. The molecule has 1 amide bonds. The van der Waals surface area contributed by atoms with Crippen LogP contribution >= 0.6 is 27.5 Å². The van der Waals surface area contributed by atoms with Crippen LogP contribution in [0, 0.1) is 11.3 Å². The third kappa shape index (κ3) is 3.22. The van der Waals surface area contributed by atoms with Crippen molar-refractivity contribution in [1.29, 1.82) is 5.26 Å². The van der Waals surface area contributed by atoms with Crippen molar-refractivity contribution in [3.63, 3.8) is 0 Å². The summed E-state index contributed by atoms with van der Waals surface area (Å²) in [5.74, 6) is -0.289. The van der Waals surface area contributed by atoms with Gasteiger partial charge in [0.05, 0.1) is 11.1 Å². The van der Waals surface area contributed by atoms with Crippen LogP contribution in [0.25, 0.3) is 0 Å². The molecule has 84 valence electrons. The number of hydrogen-bond donors (Lipinski definition) is 1. The summed E-state index contributed by atoms with van der Waals surface area (Å²) in [5.41, 5.74) is 0.446. The average molecular weight is 302 g/mol. The van der Waals surface area contributed by atoms with Crippen molar-refractivity contribution in [2.24, 2.45) is 0 Å². The Bertz CT molecular complexity index is 442. The van der Waals surface area contributed by atoms with E-state index in [1.54, 1.807) is 18.2 Å². The minimum Gasteiger partial charge on any atom is -0.336 e. The van der Waals surface area contributed by atoms with Crippen molar-refractivity contribution in [1.82, 2.24) is 5.32 Å². The number of nitrogens with one attached hydrogen (secondary N) is 1. The van der Waals surface area contributed by atoms with Gasteiger partial charge >= 0.3 is 0 Å². The highest BCUT2D eigenvalue weighted by Crippen LogP contribution is 2.23. The molecule has 0 saturated heterocycles. The first-order valence-corrected chi connectivity index (χ1v) is 5.91. The molecule has 5 heteroatoms. The number of rotatable bonds is 3. The Morgan fingerprint density at radius 2 is 2.38 bits per heavy atom. The van der Waals surface area contributed by atoms with Crippen molar-refractivity contribution >= 4 is 33.4 Å². The SMILES string of the molecule is CC[C@H](C#N)NC(=O)c1ccc(Br)c(Cl)c1. The molecule has 0 saturated carbocycles. The summed E-state index contributed by atoms with van der Waals surface area (Å²) in [6.45, 7) is 1.84. The molecule has 0 unspecified atom stereocenters. The molecule has 0 aliphatic rings. The zero-order valence-corrected chi connectivity index (χ0v) is 11.0. The van der Waals surface area contributed by atoms with Crippen molar-refractivity contribution in [3.05, 3.63) is 33.3 Å². The molecule has 0 radical (unpaired) electrons. The Morgan fingerprint density at radius 3 is 2.88 bits per heavy atom. The van der Waals surface area contributed by atoms with Gasteiger partial charge in [-0.3, -0.25) is 4.79 Å². The van der Waals surface area contributed by atoms with Crippen LogP contribution in [0.4, 0.5) is 0 Å². The highest BCUT2D eigenvalue weighted by molar-refractivity contribution is 9.10. The molecule has 1 aromatic carbocycles. The number of amides is 1. The summed E-state index contributed by atoms with van der Waals surface area (Å²) < 4.78 is 0.734. The van der Waals surface area contributed by atoms with Gasteiger partial charge < -0.3 is 5.32 Å². The molecule has 1 rings (SSSR count). The fraction of sp³-hybridized carbons (Fsp3) is 0.273. The maximum absolute atomic E-state index is 11.7. The van der Waals surface area contributed by atoms with Gasteiger partial charge in [-0.15, -0.1) is 0 Å². The van der Waals surface area contributed by atoms with Crippen LogP contribution in [-0.4, -0.2) is 11.9 Å². The van der Waals surface area contributed by atoms with Gasteiger partial charge in [-0.25, -0.2) is 0 Å². The number of nitriles is 1. The quantitative estimate of drug-likeness (QED) is 0.932. The lowest BCUT2D eigenvalue weighted by Crippen LogP contribution is -2.33. The van der Waals surface area contributed by atoms with E-state index in [1.807, 2.05) is 13.0 Å². The molecule has 0 aliphatic carbocycles. The second-order valence-corrected chi connectivity index (χ2v) is 4.45. The summed E-state index contributed by atoms with van der Waals surface area (Å²) in [7, 11) is 0. The Balaban J connectivity index is 2.81. The van der Waals surface area contributed by atoms with E-state index in [0.717, 1.165) is 4.47 Å². The van der Waals surface area contributed by atoms with Crippen LogP contribution in [0.15, 0.2) is 22.7 Å². The molecule has 16 heavy (non-hydrogen) atoms. The summed E-state index contributed by atoms with van der Waals surface area (Å²) in [4.78, 5) is 11.7. The van der Waals surface area contributed by atoms with E-state index >= 15 is 0 Å². The van der Waals surface area contributed by atoms with E-state index < -0.39 is 6.04 Å². The molecule has 0 aromatic heterocycles. The molecular weight excluding hydrogens is 291 g/mol. The number of nitrogens with zero attached hydrogens (tertiary/aromatic N) is 1. The molecule has 1 N–H and O–H groups in total. The Kier molecular flexibility index (Phi) is 4.78. The number of halogens is 2. The summed E-state index contributed by atoms with van der Waals surface area (Å²) in [5, 5.41) is 11.8. The van der Waals surface area contributed by atoms with E-state index in [-0.39, 0.29) is 5.91 Å². The van der Waals surface area contributed by atoms with Crippen molar-refractivity contribution in [3.8, 4) is 6.07 Å². The lowest BCUT2D eigenvalue weighted by molar-refractivity contribution is 0.0944. The van der Waals surface area contributed by atoms with Crippen molar-refractivity contribution < 1.29 is 4.79 Å². The predicted molar refractivity (Wildman–Crippen MR) is 66.3 cm³/mol. The highest BCUT2D eigenvalue weighted by Gasteiger charge is 2.12. The van der Waals surface area contributed by atoms with Crippen LogP contribution in [0.2, 0.25) is 5.02 Å². The highest BCUT2D eigenvalue weighted by atomic mass is 79.9. The van der Waals surface area contributed by atoms with E-state index in [0.29, 0.717) is 17.0 Å². The van der Waals surface area contributed by atoms with Crippen LogP contribution in [0.1, 0.15) is 23.7 Å². The molecule has 1 atom stereocenters. The smallest absolute Gasteiger partial charge is 0.252 e. The molecule has 1 aromatic rings. The molecule has 0 fully saturated rings. The van der Waals surface area contributed by atoms with E-state index in [4.69, 9.17) is 16.9 Å². The predicted octanol–water partition coefficient (Wildman–Crippen LogP) is 3.13. The first-order valence-electron chi connectivity index (χ1n) is 4.74. The van der Waals surface area contributed by atoms with Crippen LogP contribution in [0.3, 0.4) is 0 Å². The first-order chi connectivity index (χ1) is 7.58. The van der Waals surface area contributed by atoms with Gasteiger partial charge in [0, 0.05) is 10.0 Å². The van der Waals surface area contributed by atoms with Crippen molar-refractivity contribution in [2.45, 2.75) is 19.4 Å². The topological polar surface area (TPSA) is 52.9 Å². The van der Waals surface area contributed by atoms with E-state index in [1.165, 1.54) is 0 Å². The lowest BCUT2D eigenvalue weighted by Gasteiger charge is -2.09. The van der Waals surface area contributed by atoms with E-state index in [9.17, 15) is 4.79 Å². The van der Waals surface area contributed by atoms with Crippen LogP contribution in [-0.2, 0) is 0 Å². The van der Waals surface area contributed by atoms with E-state index in [2.05, 4.69) is 21.2 Å². The Morgan fingerprint density at radius 1 is 1.69 bits per heavy atom. The molecule has 0 spiro atoms. The second kappa shape index (κ2) is 5.88. The number of carbonyl (C=O) groups excluding carboxylic acids is 1. The Labute approximate surface area is 108 Å². The summed E-state index contributed by atoms with van der Waals surface area (Å²) in [6, 6.07) is 6.45. The van der Waals surface area contributed by atoms with Gasteiger partial charge in [0.25, 0.3) is 5.91 Å². The van der Waals surface area contributed by atoms with Crippen LogP contribution < -0.4 is 5.32 Å². The molecule has 0 aliphatic heterocycles. The minimum absolute atomic E-state index is 0.289. The molecule has 0 bridgehead atoms. The lowest BCUT2D eigenvalue weighted by atomic mass is 10.2. The minimum atomic E-state index is -0.463. The van der Waals surface area contributed by atoms with Gasteiger partial charge in [-0.05, 0) is 40.5 Å². The fourth-order valence-electron chi connectivity index (χ4n) is 1.10. The third-order valence-electron chi connectivity index (χ3n) is 2.05. The van der Waals surface area contributed by atoms with Crippen molar-refractivity contribution in [2.75, 3.05) is 0 Å². The zero-order valence-electron chi connectivity index (χ0n) is 8.63. The first kappa shape index (κ1) is 13.0. The number of carbonyl (C=O) groups is 1. The van der Waals surface area contributed by atoms with Gasteiger partial charge in [0.15, 0.2) is 0 Å². The number of benzene rings is 1.